The van der Waals surface area contributed by atoms with Gasteiger partial charge in [0.05, 0.1) is 5.75 Å². The number of benzene rings is 2. The number of anilines is 1. The van der Waals surface area contributed by atoms with E-state index in [0.29, 0.717) is 23.0 Å². The van der Waals surface area contributed by atoms with Gasteiger partial charge in [-0.15, -0.1) is 11.8 Å². The molecular formula is C24H27NO3S. The summed E-state index contributed by atoms with van der Waals surface area (Å²) in [6.45, 7) is 6.37. The third-order valence-electron chi connectivity index (χ3n) is 5.17. The number of thioether (sulfide) groups is 1. The van der Waals surface area contributed by atoms with Gasteiger partial charge in [-0.25, -0.2) is 4.79 Å². The molecule has 152 valence electrons. The number of rotatable bonds is 8. The van der Waals surface area contributed by atoms with E-state index in [2.05, 4.69) is 38.2 Å². The lowest BCUT2D eigenvalue weighted by atomic mass is 9.97. The number of nitrogens with one attached hydrogen (secondary N) is 1. The van der Waals surface area contributed by atoms with Crippen molar-refractivity contribution < 1.29 is 9.21 Å². The van der Waals surface area contributed by atoms with Gasteiger partial charge in [0, 0.05) is 22.9 Å². The van der Waals surface area contributed by atoms with E-state index in [1.54, 1.807) is 0 Å². The van der Waals surface area contributed by atoms with Crippen molar-refractivity contribution in [1.82, 2.24) is 0 Å². The maximum Gasteiger partial charge on any atom is 0.336 e. The number of hydrogen-bond acceptors (Lipinski definition) is 4. The summed E-state index contributed by atoms with van der Waals surface area (Å²) in [5.74, 6) is 1.26. The van der Waals surface area contributed by atoms with E-state index in [0.717, 1.165) is 40.6 Å². The molecule has 5 heteroatoms. The summed E-state index contributed by atoms with van der Waals surface area (Å²) in [5.41, 5.74) is 4.33. The van der Waals surface area contributed by atoms with E-state index in [1.807, 2.05) is 30.3 Å². The summed E-state index contributed by atoms with van der Waals surface area (Å²) >= 11 is 1.49. The van der Waals surface area contributed by atoms with Gasteiger partial charge in [0.2, 0.25) is 5.91 Å². The molecule has 1 N–H and O–H groups in total. The Labute approximate surface area is 175 Å². The third kappa shape index (κ3) is 5.30. The van der Waals surface area contributed by atoms with E-state index < -0.39 is 0 Å². The number of carbonyl (C=O) groups excluding carboxylic acids is 1. The average molecular weight is 410 g/mol. The largest absolute Gasteiger partial charge is 0.423 e. The molecule has 0 fully saturated rings. The van der Waals surface area contributed by atoms with Crippen molar-refractivity contribution in [3.05, 3.63) is 75.6 Å². The highest BCUT2D eigenvalue weighted by molar-refractivity contribution is 7.99. The molecule has 0 unspecified atom stereocenters. The Morgan fingerprint density at radius 1 is 1.14 bits per heavy atom. The molecule has 0 saturated carbocycles. The minimum absolute atomic E-state index is 0.0358. The van der Waals surface area contributed by atoms with Crippen LogP contribution in [-0.2, 0) is 17.0 Å². The Balaban J connectivity index is 1.66. The topological polar surface area (TPSA) is 59.3 Å². The van der Waals surface area contributed by atoms with Crippen LogP contribution in [-0.4, -0.2) is 11.7 Å². The molecule has 2 aromatic carbocycles. The normalized spacial score (nSPS) is 12.1. The van der Waals surface area contributed by atoms with E-state index in [9.17, 15) is 9.59 Å². The van der Waals surface area contributed by atoms with E-state index in [1.165, 1.54) is 17.8 Å². The highest BCUT2D eigenvalue weighted by Crippen LogP contribution is 2.27. The van der Waals surface area contributed by atoms with Crippen LogP contribution in [0.4, 0.5) is 5.69 Å². The molecule has 0 aliphatic carbocycles. The second-order valence-electron chi connectivity index (χ2n) is 7.21. The van der Waals surface area contributed by atoms with Crippen molar-refractivity contribution in [2.24, 2.45) is 0 Å². The first-order valence-corrected chi connectivity index (χ1v) is 11.2. The Morgan fingerprint density at radius 2 is 1.93 bits per heavy atom. The molecule has 0 radical (unpaired) electrons. The monoisotopic (exact) mass is 409 g/mol. The molecule has 0 bridgehead atoms. The van der Waals surface area contributed by atoms with Gasteiger partial charge in [-0.2, -0.15) is 0 Å². The van der Waals surface area contributed by atoms with E-state index >= 15 is 0 Å². The zero-order valence-electron chi connectivity index (χ0n) is 17.2. The number of amides is 1. The van der Waals surface area contributed by atoms with Crippen molar-refractivity contribution in [3.63, 3.8) is 0 Å². The Morgan fingerprint density at radius 3 is 2.69 bits per heavy atom. The van der Waals surface area contributed by atoms with Gasteiger partial charge in [0.1, 0.15) is 5.58 Å². The van der Waals surface area contributed by atoms with Crippen LogP contribution in [0.25, 0.3) is 11.0 Å². The van der Waals surface area contributed by atoms with Crippen LogP contribution in [0.5, 0.6) is 0 Å². The SMILES string of the molecule is CCc1ccc2c(CSCC(=O)Nc3ccccc3[C@H](C)CC)cc(=O)oc2c1. The van der Waals surface area contributed by atoms with Gasteiger partial charge in [-0.05, 0) is 47.6 Å². The van der Waals surface area contributed by atoms with Crippen LogP contribution in [0, 0.1) is 0 Å². The predicted molar refractivity (Wildman–Crippen MR) is 122 cm³/mol. The Kier molecular flexibility index (Phi) is 7.15. The Bertz CT molecular complexity index is 1060. The summed E-state index contributed by atoms with van der Waals surface area (Å²) in [5, 5.41) is 3.96. The van der Waals surface area contributed by atoms with Crippen molar-refractivity contribution in [3.8, 4) is 0 Å². The fourth-order valence-corrected chi connectivity index (χ4v) is 4.13. The van der Waals surface area contributed by atoms with Crippen LogP contribution in [0.2, 0.25) is 0 Å². The maximum absolute atomic E-state index is 12.5. The van der Waals surface area contributed by atoms with Crippen LogP contribution in [0.3, 0.4) is 0 Å². The lowest BCUT2D eigenvalue weighted by Crippen LogP contribution is -2.16. The maximum atomic E-state index is 12.5. The average Bonchev–Trinajstić information content (AvgIpc) is 2.72. The standard InChI is InChI=1S/C24H27NO3S/c1-4-16(3)19-8-6-7-9-21(19)25-23(26)15-29-14-18-13-24(27)28-22-12-17(5-2)10-11-20(18)22/h6-13,16H,4-5,14-15H2,1-3H3,(H,25,26)/t16-/m1/s1. The third-order valence-corrected chi connectivity index (χ3v) is 6.15. The summed E-state index contributed by atoms with van der Waals surface area (Å²) in [6.07, 6.45) is 1.90. The molecule has 1 amide bonds. The smallest absolute Gasteiger partial charge is 0.336 e. The van der Waals surface area contributed by atoms with Gasteiger partial charge in [0.25, 0.3) is 0 Å². The summed E-state index contributed by atoms with van der Waals surface area (Å²) in [7, 11) is 0. The minimum Gasteiger partial charge on any atom is -0.423 e. The molecule has 29 heavy (non-hydrogen) atoms. The van der Waals surface area contributed by atoms with Crippen molar-refractivity contribution >= 4 is 34.3 Å². The number of aryl methyl sites for hydroxylation is 1. The van der Waals surface area contributed by atoms with Crippen LogP contribution in [0.1, 0.15) is 49.8 Å². The minimum atomic E-state index is -0.353. The highest BCUT2D eigenvalue weighted by atomic mass is 32.2. The van der Waals surface area contributed by atoms with Crippen LogP contribution in [0.15, 0.2) is 57.7 Å². The number of hydrogen-bond donors (Lipinski definition) is 1. The number of para-hydroxylation sites is 1. The lowest BCUT2D eigenvalue weighted by molar-refractivity contribution is -0.113. The molecule has 1 heterocycles. The first kappa shape index (κ1) is 21.2. The first-order valence-electron chi connectivity index (χ1n) is 10.0. The molecule has 0 aliphatic heterocycles. The van der Waals surface area contributed by atoms with Gasteiger partial charge >= 0.3 is 5.63 Å². The van der Waals surface area contributed by atoms with Gasteiger partial charge in [0.15, 0.2) is 0 Å². The van der Waals surface area contributed by atoms with Crippen LogP contribution < -0.4 is 10.9 Å². The molecule has 0 spiro atoms. The molecule has 0 saturated heterocycles. The fourth-order valence-electron chi connectivity index (χ4n) is 3.31. The first-order chi connectivity index (χ1) is 14.0. The Hall–Kier alpha value is -2.53. The molecule has 1 aromatic heterocycles. The molecule has 3 aromatic rings. The van der Waals surface area contributed by atoms with Crippen molar-refractivity contribution in [2.45, 2.75) is 45.3 Å². The van der Waals surface area contributed by atoms with Gasteiger partial charge in [-0.3, -0.25) is 4.79 Å². The predicted octanol–water partition coefficient (Wildman–Crippen LogP) is 5.74. The molecule has 0 aliphatic rings. The highest BCUT2D eigenvalue weighted by Gasteiger charge is 2.12. The van der Waals surface area contributed by atoms with Crippen molar-refractivity contribution in [1.29, 1.82) is 0 Å². The number of carbonyl (C=O) groups is 1. The molecule has 4 nitrogen and oxygen atoms in total. The summed E-state index contributed by atoms with van der Waals surface area (Å²) in [4.78, 5) is 24.4. The summed E-state index contributed by atoms with van der Waals surface area (Å²) < 4.78 is 5.35. The van der Waals surface area contributed by atoms with Gasteiger partial charge < -0.3 is 9.73 Å². The lowest BCUT2D eigenvalue weighted by Gasteiger charge is -2.15. The molecular weight excluding hydrogens is 382 g/mol. The van der Waals surface area contributed by atoms with E-state index in [-0.39, 0.29) is 11.5 Å². The summed E-state index contributed by atoms with van der Waals surface area (Å²) in [6, 6.07) is 15.4. The number of fused-ring (bicyclic) bond motifs is 1. The van der Waals surface area contributed by atoms with Crippen LogP contribution >= 0.6 is 11.8 Å². The van der Waals surface area contributed by atoms with E-state index in [4.69, 9.17) is 4.42 Å². The van der Waals surface area contributed by atoms with Crippen molar-refractivity contribution in [2.75, 3.05) is 11.1 Å². The van der Waals surface area contributed by atoms with Gasteiger partial charge in [-0.1, -0.05) is 51.1 Å². The quantitative estimate of drug-likeness (QED) is 0.482. The molecule has 1 atom stereocenters. The fraction of sp³-hybridized carbons (Fsp3) is 0.333. The zero-order valence-corrected chi connectivity index (χ0v) is 18.0. The zero-order chi connectivity index (χ0) is 20.8. The second kappa shape index (κ2) is 9.79. The molecule has 3 rings (SSSR count). The second-order valence-corrected chi connectivity index (χ2v) is 8.20.